The number of nitrogens with one attached hydrogen (secondary N) is 2. The fourth-order valence-electron chi connectivity index (χ4n) is 2.06. The monoisotopic (exact) mass is 510 g/mol. The second-order valence-electron chi connectivity index (χ2n) is 5.82. The molecular weight excluding hydrogens is 503 g/mol. The fraction of sp³-hybridized carbons (Fsp3) is 0.176. The molecule has 32 heavy (non-hydrogen) atoms. The van der Waals surface area contributed by atoms with Crippen molar-refractivity contribution in [3.63, 3.8) is 0 Å². The third-order valence-corrected chi connectivity index (χ3v) is 4.19. The van der Waals surface area contributed by atoms with E-state index in [1.165, 1.54) is 0 Å². The molecule has 0 heterocycles. The number of urea groups is 1. The molecule has 0 saturated heterocycles. The zero-order valence-corrected chi connectivity index (χ0v) is 16.5. The summed E-state index contributed by atoms with van der Waals surface area (Å²) < 4.78 is 107. The van der Waals surface area contributed by atoms with Crippen molar-refractivity contribution < 1.29 is 49.4 Å². The second kappa shape index (κ2) is 9.36. The normalized spacial score (nSPS) is 12.8. The Morgan fingerprint density at radius 2 is 1.53 bits per heavy atom. The van der Waals surface area contributed by atoms with Gasteiger partial charge in [0, 0.05) is 6.07 Å². The van der Waals surface area contributed by atoms with Gasteiger partial charge in [-0.15, -0.1) is 0 Å². The molecule has 0 bridgehead atoms. The highest BCUT2D eigenvalue weighted by atomic mass is 35.5. The number of hydrogen-bond donors (Lipinski definition) is 2. The van der Waals surface area contributed by atoms with Crippen molar-refractivity contribution >= 4 is 40.8 Å². The molecular formula is C17H8Cl2F8N2O3. The summed E-state index contributed by atoms with van der Waals surface area (Å²) in [6.45, 7) is 0. The lowest BCUT2D eigenvalue weighted by Gasteiger charge is -2.24. The molecule has 15 heteroatoms. The molecule has 0 aliphatic heterocycles. The van der Waals surface area contributed by atoms with Crippen molar-refractivity contribution in [1.82, 2.24) is 5.32 Å². The molecule has 2 rings (SSSR count). The molecule has 0 radical (unpaired) electrons. The Labute approximate surface area is 183 Å². The molecule has 2 N–H and O–H groups in total. The van der Waals surface area contributed by atoms with Crippen LogP contribution in [-0.2, 0) is 0 Å². The van der Waals surface area contributed by atoms with Crippen molar-refractivity contribution in [2.45, 2.75) is 18.5 Å². The first-order valence-electron chi connectivity index (χ1n) is 7.95. The van der Waals surface area contributed by atoms with Crippen LogP contribution >= 0.6 is 23.2 Å². The number of hydrogen-bond acceptors (Lipinski definition) is 3. The summed E-state index contributed by atoms with van der Waals surface area (Å²) in [6.07, 6.45) is -10.4. The predicted molar refractivity (Wildman–Crippen MR) is 95.8 cm³/mol. The summed E-state index contributed by atoms with van der Waals surface area (Å²) in [5, 5.41) is 2.14. The Morgan fingerprint density at radius 3 is 2.06 bits per heavy atom. The molecule has 0 aromatic heterocycles. The van der Waals surface area contributed by atoms with Crippen LogP contribution in [0.2, 0.25) is 10.0 Å². The molecule has 3 amide bonds. The molecule has 1 atom stereocenters. The molecule has 2 aromatic carbocycles. The van der Waals surface area contributed by atoms with Crippen LogP contribution < -0.4 is 15.4 Å². The molecule has 0 aliphatic carbocycles. The maximum Gasteiger partial charge on any atom is 0.460 e. The van der Waals surface area contributed by atoms with Crippen LogP contribution in [0.15, 0.2) is 30.3 Å². The highest BCUT2D eigenvalue weighted by Gasteiger charge is 2.65. The Balaban J connectivity index is 2.15. The number of carbonyl (C=O) groups excluding carboxylic acids is 2. The van der Waals surface area contributed by atoms with E-state index in [4.69, 9.17) is 23.2 Å². The average Bonchev–Trinajstić information content (AvgIpc) is 2.64. The van der Waals surface area contributed by atoms with Crippen LogP contribution in [0.25, 0.3) is 0 Å². The smallest absolute Gasteiger partial charge is 0.452 e. The van der Waals surface area contributed by atoms with E-state index >= 15 is 0 Å². The number of rotatable bonds is 5. The maximum absolute atomic E-state index is 13.6. The number of ether oxygens (including phenoxy) is 1. The molecule has 2 aromatic rings. The van der Waals surface area contributed by atoms with Gasteiger partial charge in [0.2, 0.25) is 0 Å². The van der Waals surface area contributed by atoms with Crippen molar-refractivity contribution in [2.75, 3.05) is 5.32 Å². The lowest BCUT2D eigenvalue weighted by Crippen LogP contribution is -2.47. The molecule has 1 unspecified atom stereocenters. The van der Waals surface area contributed by atoms with Crippen molar-refractivity contribution in [1.29, 1.82) is 0 Å². The number of imide groups is 1. The van der Waals surface area contributed by atoms with Gasteiger partial charge < -0.3 is 10.1 Å². The standard InChI is InChI=1S/C17H8Cl2F8N2O3/c18-6-5-11(32-14(22)16(23,24)17(25,26)27)7(19)4-10(6)28-15(31)29-13(30)12-8(20)2-1-3-9(12)21/h1-5,14H,(H2,28,29,30,31). The van der Waals surface area contributed by atoms with Crippen LogP contribution in [-0.4, -0.2) is 30.4 Å². The van der Waals surface area contributed by atoms with E-state index in [1.54, 1.807) is 5.32 Å². The molecule has 0 spiro atoms. The first-order valence-corrected chi connectivity index (χ1v) is 8.71. The highest BCUT2D eigenvalue weighted by Crippen LogP contribution is 2.42. The van der Waals surface area contributed by atoms with Gasteiger partial charge in [0.15, 0.2) is 0 Å². The van der Waals surface area contributed by atoms with Gasteiger partial charge in [-0.25, -0.2) is 13.6 Å². The maximum atomic E-state index is 13.6. The molecule has 0 saturated carbocycles. The van der Waals surface area contributed by atoms with Gasteiger partial charge in [-0.3, -0.25) is 10.1 Å². The van der Waals surface area contributed by atoms with Gasteiger partial charge in [-0.2, -0.15) is 26.3 Å². The van der Waals surface area contributed by atoms with E-state index < -0.39 is 69.1 Å². The summed E-state index contributed by atoms with van der Waals surface area (Å²) in [5.41, 5.74) is -1.52. The van der Waals surface area contributed by atoms with Crippen LogP contribution in [0.5, 0.6) is 5.75 Å². The Hall–Kier alpha value is -2.80. The predicted octanol–water partition coefficient (Wildman–Crippen LogP) is 6.11. The van der Waals surface area contributed by atoms with Gasteiger partial charge in [0.05, 0.1) is 15.7 Å². The van der Waals surface area contributed by atoms with Crippen molar-refractivity contribution in [3.8, 4) is 5.75 Å². The van der Waals surface area contributed by atoms with Gasteiger partial charge in [-0.1, -0.05) is 29.3 Å². The summed E-state index contributed by atoms with van der Waals surface area (Å²) >= 11 is 11.3. The van der Waals surface area contributed by atoms with Crippen LogP contribution in [0.4, 0.5) is 45.6 Å². The number of halogens is 10. The van der Waals surface area contributed by atoms with E-state index in [-0.39, 0.29) is 0 Å². The quantitative estimate of drug-likeness (QED) is 0.477. The number of carbonyl (C=O) groups is 2. The minimum absolute atomic E-state index is 0.443. The second-order valence-corrected chi connectivity index (χ2v) is 6.64. The highest BCUT2D eigenvalue weighted by molar-refractivity contribution is 6.36. The summed E-state index contributed by atoms with van der Waals surface area (Å²) in [7, 11) is 0. The number of anilines is 1. The number of benzene rings is 2. The Morgan fingerprint density at radius 1 is 0.969 bits per heavy atom. The van der Waals surface area contributed by atoms with Crippen molar-refractivity contribution in [3.05, 3.63) is 57.6 Å². The minimum Gasteiger partial charge on any atom is -0.452 e. The van der Waals surface area contributed by atoms with E-state index in [0.717, 1.165) is 18.2 Å². The van der Waals surface area contributed by atoms with Gasteiger partial charge in [0.25, 0.3) is 5.91 Å². The van der Waals surface area contributed by atoms with Gasteiger partial charge >= 0.3 is 24.5 Å². The molecule has 0 aliphatic rings. The first kappa shape index (κ1) is 25.5. The van der Waals surface area contributed by atoms with E-state index in [1.807, 2.05) is 5.32 Å². The average molecular weight is 511 g/mol. The fourth-order valence-corrected chi connectivity index (χ4v) is 2.47. The molecule has 0 fully saturated rings. The third-order valence-electron chi connectivity index (χ3n) is 3.58. The van der Waals surface area contributed by atoms with E-state index in [9.17, 15) is 44.7 Å². The Kier molecular flexibility index (Phi) is 7.45. The topological polar surface area (TPSA) is 67.4 Å². The lowest BCUT2D eigenvalue weighted by atomic mass is 10.2. The Bertz CT molecular complexity index is 1030. The zero-order valence-electron chi connectivity index (χ0n) is 15.0. The summed E-state index contributed by atoms with van der Waals surface area (Å²) in [6, 6.07) is 2.29. The summed E-state index contributed by atoms with van der Waals surface area (Å²) in [5.74, 6) is -10.9. The van der Waals surface area contributed by atoms with E-state index in [2.05, 4.69) is 4.74 Å². The van der Waals surface area contributed by atoms with E-state index in [0.29, 0.717) is 12.1 Å². The number of amides is 3. The van der Waals surface area contributed by atoms with Crippen LogP contribution in [0.1, 0.15) is 10.4 Å². The SMILES string of the molecule is O=C(NC(=O)c1c(F)cccc1F)Nc1cc(Cl)c(OC(F)C(F)(F)C(F)(F)F)cc1Cl. The summed E-state index contributed by atoms with van der Waals surface area (Å²) in [4.78, 5) is 23.7. The van der Waals surface area contributed by atoms with Crippen LogP contribution in [0, 0.1) is 11.6 Å². The number of alkyl halides is 6. The lowest BCUT2D eigenvalue weighted by molar-refractivity contribution is -0.328. The van der Waals surface area contributed by atoms with Gasteiger partial charge in [0.1, 0.15) is 22.9 Å². The molecule has 174 valence electrons. The zero-order chi connectivity index (χ0) is 24.4. The first-order chi connectivity index (χ1) is 14.6. The molecule has 5 nitrogen and oxygen atoms in total. The largest absolute Gasteiger partial charge is 0.460 e. The third kappa shape index (κ3) is 5.51. The minimum atomic E-state index is -6.26. The van der Waals surface area contributed by atoms with Crippen LogP contribution in [0.3, 0.4) is 0 Å². The van der Waals surface area contributed by atoms with Gasteiger partial charge in [-0.05, 0) is 18.2 Å². The van der Waals surface area contributed by atoms with Crippen molar-refractivity contribution in [2.24, 2.45) is 0 Å².